The third-order valence-electron chi connectivity index (χ3n) is 1.89. The Morgan fingerprint density at radius 1 is 1.50 bits per heavy atom. The highest BCUT2D eigenvalue weighted by Gasteiger charge is 2.19. The molecule has 0 aromatic heterocycles. The van der Waals surface area contributed by atoms with Crippen LogP contribution < -0.4 is 4.74 Å². The van der Waals surface area contributed by atoms with Crippen molar-refractivity contribution in [1.82, 2.24) is 0 Å². The summed E-state index contributed by atoms with van der Waals surface area (Å²) < 4.78 is 5.25. The molecule has 5 nitrogen and oxygen atoms in total. The van der Waals surface area contributed by atoms with Crippen LogP contribution in [0.2, 0.25) is 0 Å². The van der Waals surface area contributed by atoms with E-state index in [9.17, 15) is 15.2 Å². The Kier molecular flexibility index (Phi) is 3.49. The van der Waals surface area contributed by atoms with Crippen LogP contribution in [0.3, 0.4) is 0 Å². The van der Waals surface area contributed by atoms with Gasteiger partial charge in [0.05, 0.1) is 10.5 Å². The van der Waals surface area contributed by atoms with Gasteiger partial charge in [0.2, 0.25) is 0 Å². The SMILES string of the molecule is Cc1ccc([N+](=O)[O-])c(OCC(C)(C)O)c1. The number of nitrogens with zero attached hydrogens (tertiary/aromatic N) is 1. The second-order valence-electron chi connectivity index (χ2n) is 4.33. The summed E-state index contributed by atoms with van der Waals surface area (Å²) in [6, 6.07) is 4.63. The smallest absolute Gasteiger partial charge is 0.310 e. The molecule has 0 spiro atoms. The summed E-state index contributed by atoms with van der Waals surface area (Å²) in [5.41, 5.74) is -0.233. The number of benzene rings is 1. The lowest BCUT2D eigenvalue weighted by atomic mass is 10.1. The predicted octanol–water partition coefficient (Wildman–Crippen LogP) is 2.05. The minimum Gasteiger partial charge on any atom is -0.484 e. The number of nitro benzene ring substituents is 1. The van der Waals surface area contributed by atoms with E-state index in [0.29, 0.717) is 0 Å². The van der Waals surface area contributed by atoms with Crippen molar-refractivity contribution in [2.45, 2.75) is 26.4 Å². The Balaban J connectivity index is 2.93. The van der Waals surface area contributed by atoms with Gasteiger partial charge in [0, 0.05) is 6.07 Å². The average molecular weight is 225 g/mol. The van der Waals surface area contributed by atoms with Crippen molar-refractivity contribution in [2.24, 2.45) is 0 Å². The highest BCUT2D eigenvalue weighted by molar-refractivity contribution is 5.48. The van der Waals surface area contributed by atoms with E-state index in [2.05, 4.69) is 0 Å². The second kappa shape index (κ2) is 4.49. The van der Waals surface area contributed by atoms with Gasteiger partial charge in [0.15, 0.2) is 5.75 Å². The number of hydrogen-bond donors (Lipinski definition) is 1. The topological polar surface area (TPSA) is 72.6 Å². The Labute approximate surface area is 93.8 Å². The van der Waals surface area contributed by atoms with Crippen molar-refractivity contribution in [3.05, 3.63) is 33.9 Å². The molecule has 0 bridgehead atoms. The van der Waals surface area contributed by atoms with Gasteiger partial charge in [-0.25, -0.2) is 0 Å². The highest BCUT2D eigenvalue weighted by Crippen LogP contribution is 2.28. The summed E-state index contributed by atoms with van der Waals surface area (Å²) in [6.45, 7) is 4.99. The number of aryl methyl sites for hydroxylation is 1. The quantitative estimate of drug-likeness (QED) is 0.628. The summed E-state index contributed by atoms with van der Waals surface area (Å²) in [7, 11) is 0. The van der Waals surface area contributed by atoms with E-state index in [1.165, 1.54) is 6.07 Å². The fourth-order valence-electron chi connectivity index (χ4n) is 1.14. The third kappa shape index (κ3) is 3.51. The van der Waals surface area contributed by atoms with Crippen LogP contribution in [0, 0.1) is 17.0 Å². The van der Waals surface area contributed by atoms with E-state index >= 15 is 0 Å². The first-order chi connectivity index (χ1) is 7.29. The molecule has 1 aromatic rings. The standard InChI is InChI=1S/C11H15NO4/c1-8-4-5-9(12(14)15)10(6-8)16-7-11(2,3)13/h4-6,13H,7H2,1-3H3. The summed E-state index contributed by atoms with van der Waals surface area (Å²) >= 11 is 0. The first-order valence-corrected chi connectivity index (χ1v) is 4.90. The fourth-order valence-corrected chi connectivity index (χ4v) is 1.14. The largest absolute Gasteiger partial charge is 0.484 e. The molecule has 0 amide bonds. The Morgan fingerprint density at radius 2 is 2.12 bits per heavy atom. The number of nitro groups is 1. The van der Waals surface area contributed by atoms with Crippen molar-refractivity contribution < 1.29 is 14.8 Å². The van der Waals surface area contributed by atoms with Crippen molar-refractivity contribution in [3.63, 3.8) is 0 Å². The van der Waals surface area contributed by atoms with Crippen LogP contribution in [0.1, 0.15) is 19.4 Å². The van der Waals surface area contributed by atoms with Crippen LogP contribution in [-0.4, -0.2) is 22.2 Å². The zero-order chi connectivity index (χ0) is 12.3. The number of rotatable bonds is 4. The minimum absolute atomic E-state index is 0.0112. The number of hydrogen-bond acceptors (Lipinski definition) is 4. The van der Waals surface area contributed by atoms with Crippen LogP contribution in [0.25, 0.3) is 0 Å². The van der Waals surface area contributed by atoms with E-state index in [0.717, 1.165) is 5.56 Å². The Bertz CT molecular complexity index is 395. The molecule has 1 aromatic carbocycles. The molecule has 0 saturated heterocycles. The fraction of sp³-hybridized carbons (Fsp3) is 0.455. The third-order valence-corrected chi connectivity index (χ3v) is 1.89. The molecule has 0 aliphatic heterocycles. The highest BCUT2D eigenvalue weighted by atomic mass is 16.6. The average Bonchev–Trinajstić information content (AvgIpc) is 2.13. The molecule has 0 fully saturated rings. The lowest BCUT2D eigenvalue weighted by molar-refractivity contribution is -0.386. The molecule has 5 heteroatoms. The summed E-state index contributed by atoms with van der Waals surface area (Å²) in [6.07, 6.45) is 0. The molecule has 1 N–H and O–H groups in total. The zero-order valence-electron chi connectivity index (χ0n) is 9.56. The maximum Gasteiger partial charge on any atom is 0.310 e. The van der Waals surface area contributed by atoms with Crippen molar-refractivity contribution >= 4 is 5.69 Å². The molecule has 0 radical (unpaired) electrons. The monoisotopic (exact) mass is 225 g/mol. The van der Waals surface area contributed by atoms with Crippen LogP contribution in [0.15, 0.2) is 18.2 Å². The van der Waals surface area contributed by atoms with Gasteiger partial charge in [-0.3, -0.25) is 10.1 Å². The summed E-state index contributed by atoms with van der Waals surface area (Å²) in [5.74, 6) is 0.187. The molecule has 1 rings (SSSR count). The molecule has 88 valence electrons. The van der Waals surface area contributed by atoms with Gasteiger partial charge >= 0.3 is 5.69 Å². The van der Waals surface area contributed by atoms with Crippen LogP contribution in [0.5, 0.6) is 5.75 Å². The Hall–Kier alpha value is -1.62. The van der Waals surface area contributed by atoms with E-state index in [1.54, 1.807) is 26.0 Å². The molecule has 0 saturated carbocycles. The van der Waals surface area contributed by atoms with Gasteiger partial charge in [-0.05, 0) is 32.4 Å². The lowest BCUT2D eigenvalue weighted by Gasteiger charge is -2.17. The summed E-state index contributed by atoms with van der Waals surface area (Å²) in [4.78, 5) is 10.2. The molecule has 0 aliphatic carbocycles. The molecule has 0 aliphatic rings. The second-order valence-corrected chi connectivity index (χ2v) is 4.33. The van der Waals surface area contributed by atoms with Gasteiger partial charge in [0.25, 0.3) is 0 Å². The summed E-state index contributed by atoms with van der Waals surface area (Å²) in [5, 5.41) is 20.2. The first-order valence-electron chi connectivity index (χ1n) is 4.90. The molecular weight excluding hydrogens is 210 g/mol. The van der Waals surface area contributed by atoms with Gasteiger partial charge < -0.3 is 9.84 Å². The molecular formula is C11H15NO4. The normalized spacial score (nSPS) is 11.2. The van der Waals surface area contributed by atoms with Gasteiger partial charge in [-0.1, -0.05) is 6.07 Å². The minimum atomic E-state index is -1.02. The van der Waals surface area contributed by atoms with Gasteiger partial charge in [0.1, 0.15) is 6.61 Å². The lowest BCUT2D eigenvalue weighted by Crippen LogP contribution is -2.28. The van der Waals surface area contributed by atoms with Crippen LogP contribution >= 0.6 is 0 Å². The number of aliphatic hydroxyl groups is 1. The van der Waals surface area contributed by atoms with Crippen molar-refractivity contribution in [1.29, 1.82) is 0 Å². The van der Waals surface area contributed by atoms with Crippen LogP contribution in [-0.2, 0) is 0 Å². The van der Waals surface area contributed by atoms with E-state index in [4.69, 9.17) is 4.74 Å². The van der Waals surface area contributed by atoms with E-state index in [1.807, 2.05) is 6.92 Å². The predicted molar refractivity (Wildman–Crippen MR) is 59.6 cm³/mol. The zero-order valence-corrected chi connectivity index (χ0v) is 9.56. The maximum absolute atomic E-state index is 10.7. The van der Waals surface area contributed by atoms with E-state index in [-0.39, 0.29) is 18.0 Å². The Morgan fingerprint density at radius 3 is 2.62 bits per heavy atom. The maximum atomic E-state index is 10.7. The first kappa shape index (κ1) is 12.4. The molecule has 0 unspecified atom stereocenters. The molecule has 16 heavy (non-hydrogen) atoms. The molecule has 0 atom stereocenters. The van der Waals surface area contributed by atoms with E-state index < -0.39 is 10.5 Å². The van der Waals surface area contributed by atoms with Crippen LogP contribution in [0.4, 0.5) is 5.69 Å². The molecule has 0 heterocycles. The number of ether oxygens (including phenoxy) is 1. The van der Waals surface area contributed by atoms with Gasteiger partial charge in [-0.15, -0.1) is 0 Å². The van der Waals surface area contributed by atoms with Crippen molar-refractivity contribution in [2.75, 3.05) is 6.61 Å². The van der Waals surface area contributed by atoms with Gasteiger partial charge in [-0.2, -0.15) is 0 Å². The van der Waals surface area contributed by atoms with Crippen molar-refractivity contribution in [3.8, 4) is 5.75 Å².